The Kier molecular flexibility index (Phi) is 4.92. The van der Waals surface area contributed by atoms with Gasteiger partial charge in [0.1, 0.15) is 11.6 Å². The Balaban J connectivity index is 3.57. The average Bonchev–Trinajstić information content (AvgIpc) is 1.99. The SMILES string of the molecule is COC(=O)CCC(=O)CC(C)=O. The van der Waals surface area contributed by atoms with Crippen molar-refractivity contribution < 1.29 is 19.1 Å². The smallest absolute Gasteiger partial charge is 0.305 e. The summed E-state index contributed by atoms with van der Waals surface area (Å²) in [5.74, 6) is -0.815. The van der Waals surface area contributed by atoms with Crippen LogP contribution in [0.15, 0.2) is 0 Å². The molecule has 0 unspecified atom stereocenters. The van der Waals surface area contributed by atoms with E-state index < -0.39 is 5.97 Å². The highest BCUT2D eigenvalue weighted by Gasteiger charge is 2.08. The highest BCUT2D eigenvalue weighted by atomic mass is 16.5. The molecule has 4 nitrogen and oxygen atoms in total. The maximum atomic E-state index is 10.8. The van der Waals surface area contributed by atoms with Gasteiger partial charge < -0.3 is 4.74 Å². The van der Waals surface area contributed by atoms with Gasteiger partial charge in [-0.3, -0.25) is 14.4 Å². The van der Waals surface area contributed by atoms with E-state index in [1.54, 1.807) is 0 Å². The standard InChI is InChI=1S/C8H12O4/c1-6(9)5-7(10)3-4-8(11)12-2/h3-5H2,1-2H3. The van der Waals surface area contributed by atoms with Crippen LogP contribution < -0.4 is 0 Å². The Labute approximate surface area is 70.9 Å². The maximum absolute atomic E-state index is 10.8. The Morgan fingerprint density at radius 2 is 1.75 bits per heavy atom. The number of ketones is 2. The number of hydrogen-bond donors (Lipinski definition) is 0. The first-order chi connectivity index (χ1) is 5.56. The fourth-order valence-electron chi connectivity index (χ4n) is 0.710. The van der Waals surface area contributed by atoms with E-state index in [0.717, 1.165) is 0 Å². The molecule has 0 amide bonds. The molecule has 0 aliphatic rings. The first kappa shape index (κ1) is 10.8. The van der Waals surface area contributed by atoms with Crippen molar-refractivity contribution in [2.24, 2.45) is 0 Å². The summed E-state index contributed by atoms with van der Waals surface area (Å²) in [7, 11) is 1.26. The molecule has 0 aliphatic carbocycles. The lowest BCUT2D eigenvalue weighted by molar-refractivity contribution is -0.142. The molecule has 68 valence electrons. The summed E-state index contributed by atoms with van der Waals surface area (Å²) < 4.78 is 4.33. The van der Waals surface area contributed by atoms with Gasteiger partial charge in [0.25, 0.3) is 0 Å². The molecule has 0 atom stereocenters. The lowest BCUT2D eigenvalue weighted by Gasteiger charge is -1.96. The van der Waals surface area contributed by atoms with Crippen LogP contribution >= 0.6 is 0 Å². The topological polar surface area (TPSA) is 60.4 Å². The summed E-state index contributed by atoms with van der Waals surface area (Å²) in [6, 6.07) is 0. The van der Waals surface area contributed by atoms with Crippen LogP contribution in [0.3, 0.4) is 0 Å². The van der Waals surface area contributed by atoms with Gasteiger partial charge in [-0.15, -0.1) is 0 Å². The van der Waals surface area contributed by atoms with Gasteiger partial charge in [-0.05, 0) is 6.92 Å². The van der Waals surface area contributed by atoms with E-state index in [0.29, 0.717) is 0 Å². The lowest BCUT2D eigenvalue weighted by atomic mass is 10.1. The van der Waals surface area contributed by atoms with Gasteiger partial charge in [0.2, 0.25) is 0 Å². The molecule has 0 aromatic heterocycles. The molecule has 0 radical (unpaired) electrons. The van der Waals surface area contributed by atoms with E-state index in [1.165, 1.54) is 14.0 Å². The van der Waals surface area contributed by atoms with Crippen molar-refractivity contribution in [3.8, 4) is 0 Å². The fourth-order valence-corrected chi connectivity index (χ4v) is 0.710. The van der Waals surface area contributed by atoms with Crippen LogP contribution in [0.5, 0.6) is 0 Å². The van der Waals surface area contributed by atoms with Crippen molar-refractivity contribution in [2.45, 2.75) is 26.2 Å². The predicted octanol–water partition coefficient (Wildman–Crippen LogP) is 0.488. The van der Waals surface area contributed by atoms with E-state index in [9.17, 15) is 14.4 Å². The minimum atomic E-state index is -0.424. The van der Waals surface area contributed by atoms with Crippen molar-refractivity contribution >= 4 is 17.5 Å². The van der Waals surface area contributed by atoms with Crippen molar-refractivity contribution in [1.29, 1.82) is 0 Å². The normalized spacial score (nSPS) is 9.17. The van der Waals surface area contributed by atoms with E-state index in [-0.39, 0.29) is 30.8 Å². The zero-order valence-electron chi connectivity index (χ0n) is 7.25. The van der Waals surface area contributed by atoms with Gasteiger partial charge in [0, 0.05) is 6.42 Å². The molecule has 0 rings (SSSR count). The summed E-state index contributed by atoms with van der Waals surface area (Å²) in [5.41, 5.74) is 0. The number of ether oxygens (including phenoxy) is 1. The number of hydrogen-bond acceptors (Lipinski definition) is 4. The lowest BCUT2D eigenvalue weighted by Crippen LogP contribution is -2.08. The van der Waals surface area contributed by atoms with Crippen LogP contribution in [0, 0.1) is 0 Å². The number of esters is 1. The number of carbonyl (C=O) groups is 3. The molecule has 0 aromatic rings. The fraction of sp³-hybridized carbons (Fsp3) is 0.625. The van der Waals surface area contributed by atoms with Crippen LogP contribution in [0.1, 0.15) is 26.2 Å². The predicted molar refractivity (Wildman–Crippen MR) is 41.6 cm³/mol. The molecule has 0 fully saturated rings. The molecular weight excluding hydrogens is 160 g/mol. The summed E-state index contributed by atoms with van der Waals surface area (Å²) in [6.45, 7) is 1.34. The Morgan fingerprint density at radius 1 is 1.17 bits per heavy atom. The second-order valence-electron chi connectivity index (χ2n) is 2.49. The van der Waals surface area contributed by atoms with E-state index in [2.05, 4.69) is 4.74 Å². The molecule has 0 aliphatic heterocycles. The molecule has 12 heavy (non-hydrogen) atoms. The number of Topliss-reactive ketones (excluding diaryl/α,β-unsaturated/α-hetero) is 2. The third-order valence-electron chi connectivity index (χ3n) is 1.28. The molecule has 0 saturated carbocycles. The summed E-state index contributed by atoms with van der Waals surface area (Å²) in [6.07, 6.45) is 0.0614. The molecule has 0 heterocycles. The zero-order chi connectivity index (χ0) is 9.56. The molecule has 0 N–H and O–H groups in total. The Hall–Kier alpha value is -1.19. The third-order valence-corrected chi connectivity index (χ3v) is 1.28. The highest BCUT2D eigenvalue weighted by Crippen LogP contribution is 1.97. The molecule has 4 heteroatoms. The van der Waals surface area contributed by atoms with Gasteiger partial charge >= 0.3 is 5.97 Å². The largest absolute Gasteiger partial charge is 0.469 e. The van der Waals surface area contributed by atoms with E-state index >= 15 is 0 Å². The summed E-state index contributed by atoms with van der Waals surface area (Å²) in [5, 5.41) is 0. The molecule has 0 saturated heterocycles. The van der Waals surface area contributed by atoms with Crippen LogP contribution in [0.25, 0.3) is 0 Å². The minimum absolute atomic E-state index is 0.0581. The van der Waals surface area contributed by atoms with Gasteiger partial charge in [-0.2, -0.15) is 0 Å². The maximum Gasteiger partial charge on any atom is 0.305 e. The van der Waals surface area contributed by atoms with E-state index in [4.69, 9.17) is 0 Å². The molecular formula is C8H12O4. The first-order valence-electron chi connectivity index (χ1n) is 3.64. The highest BCUT2D eigenvalue weighted by molar-refractivity contribution is 5.98. The zero-order valence-corrected chi connectivity index (χ0v) is 7.25. The first-order valence-corrected chi connectivity index (χ1v) is 3.64. The van der Waals surface area contributed by atoms with Crippen molar-refractivity contribution in [3.05, 3.63) is 0 Å². The van der Waals surface area contributed by atoms with Crippen LogP contribution in [0.4, 0.5) is 0 Å². The van der Waals surface area contributed by atoms with Gasteiger partial charge in [-0.25, -0.2) is 0 Å². The number of carbonyl (C=O) groups excluding carboxylic acids is 3. The third kappa shape index (κ3) is 5.58. The van der Waals surface area contributed by atoms with Gasteiger partial charge in [0.05, 0.1) is 20.0 Å². The minimum Gasteiger partial charge on any atom is -0.469 e. The molecule has 0 bridgehead atoms. The Bertz CT molecular complexity index is 195. The summed E-state index contributed by atoms with van der Waals surface area (Å²) >= 11 is 0. The average molecular weight is 172 g/mol. The quantitative estimate of drug-likeness (QED) is 0.447. The second-order valence-corrected chi connectivity index (χ2v) is 2.49. The van der Waals surface area contributed by atoms with Crippen molar-refractivity contribution in [1.82, 2.24) is 0 Å². The monoisotopic (exact) mass is 172 g/mol. The van der Waals surface area contributed by atoms with Crippen LogP contribution in [0.2, 0.25) is 0 Å². The van der Waals surface area contributed by atoms with E-state index in [1.807, 2.05) is 0 Å². The molecule has 0 aromatic carbocycles. The van der Waals surface area contributed by atoms with Crippen LogP contribution in [-0.2, 0) is 19.1 Å². The second kappa shape index (κ2) is 5.46. The van der Waals surface area contributed by atoms with Crippen LogP contribution in [-0.4, -0.2) is 24.6 Å². The summed E-state index contributed by atoms with van der Waals surface area (Å²) in [4.78, 5) is 31.8. The molecule has 0 spiro atoms. The Morgan fingerprint density at radius 3 is 2.17 bits per heavy atom. The van der Waals surface area contributed by atoms with Gasteiger partial charge in [-0.1, -0.05) is 0 Å². The van der Waals surface area contributed by atoms with Crippen molar-refractivity contribution in [3.63, 3.8) is 0 Å². The number of methoxy groups -OCH3 is 1. The number of rotatable bonds is 5. The van der Waals surface area contributed by atoms with Gasteiger partial charge in [0.15, 0.2) is 0 Å². The van der Waals surface area contributed by atoms with Crippen molar-refractivity contribution in [2.75, 3.05) is 7.11 Å².